The van der Waals surface area contributed by atoms with Crippen LogP contribution in [0.3, 0.4) is 0 Å². The molecule has 0 fully saturated rings. The summed E-state index contributed by atoms with van der Waals surface area (Å²) < 4.78 is 2.97. The first-order valence-electron chi connectivity index (χ1n) is 8.65. The van der Waals surface area contributed by atoms with E-state index in [1.54, 1.807) is 16.0 Å². The SMILES string of the molecule is Cn1cc(-c2ccc3scc(Nc4ccccc4C(C)(C)C)c3n2)cn1. The second-order valence-electron chi connectivity index (χ2n) is 7.52. The number of anilines is 2. The summed E-state index contributed by atoms with van der Waals surface area (Å²) in [5, 5.41) is 10.0. The van der Waals surface area contributed by atoms with Gasteiger partial charge in [0.2, 0.25) is 0 Å². The minimum absolute atomic E-state index is 0.0731. The average Bonchev–Trinajstić information content (AvgIpc) is 3.21. The summed E-state index contributed by atoms with van der Waals surface area (Å²) in [6.45, 7) is 6.70. The van der Waals surface area contributed by atoms with Crippen molar-refractivity contribution in [3.63, 3.8) is 0 Å². The molecular formula is C21H22N4S. The molecule has 4 aromatic rings. The number of aromatic nitrogens is 3. The average molecular weight is 363 g/mol. The van der Waals surface area contributed by atoms with E-state index >= 15 is 0 Å². The largest absolute Gasteiger partial charge is 0.353 e. The van der Waals surface area contributed by atoms with Crippen LogP contribution >= 0.6 is 11.3 Å². The normalized spacial score (nSPS) is 11.8. The predicted octanol–water partition coefficient (Wildman–Crippen LogP) is 5.74. The summed E-state index contributed by atoms with van der Waals surface area (Å²) in [5.74, 6) is 0. The van der Waals surface area contributed by atoms with Gasteiger partial charge in [0.1, 0.15) is 5.52 Å². The molecule has 0 aliphatic rings. The monoisotopic (exact) mass is 362 g/mol. The van der Waals surface area contributed by atoms with Gasteiger partial charge < -0.3 is 5.32 Å². The molecule has 1 N–H and O–H groups in total. The number of thiophene rings is 1. The highest BCUT2D eigenvalue weighted by Gasteiger charge is 2.18. The first kappa shape index (κ1) is 16.8. The second-order valence-corrected chi connectivity index (χ2v) is 8.43. The Kier molecular flexibility index (Phi) is 4.04. The van der Waals surface area contributed by atoms with Gasteiger partial charge >= 0.3 is 0 Å². The number of hydrogen-bond acceptors (Lipinski definition) is 4. The van der Waals surface area contributed by atoms with Gasteiger partial charge in [0.05, 0.1) is 22.3 Å². The number of para-hydroxylation sites is 1. The fourth-order valence-corrected chi connectivity index (χ4v) is 3.94. The summed E-state index contributed by atoms with van der Waals surface area (Å²) in [5.41, 5.74) is 6.52. The maximum absolute atomic E-state index is 4.90. The van der Waals surface area contributed by atoms with Crippen molar-refractivity contribution in [1.82, 2.24) is 14.8 Å². The van der Waals surface area contributed by atoms with E-state index in [0.717, 1.165) is 28.1 Å². The molecular weight excluding hydrogens is 340 g/mol. The van der Waals surface area contributed by atoms with Crippen molar-refractivity contribution >= 4 is 32.9 Å². The molecule has 0 bridgehead atoms. The molecule has 1 aromatic carbocycles. The molecule has 0 aliphatic carbocycles. The van der Waals surface area contributed by atoms with Gasteiger partial charge in [-0.1, -0.05) is 39.0 Å². The van der Waals surface area contributed by atoms with Crippen LogP contribution in [0.15, 0.2) is 54.2 Å². The highest BCUT2D eigenvalue weighted by molar-refractivity contribution is 7.17. The number of pyridine rings is 1. The van der Waals surface area contributed by atoms with Gasteiger partial charge in [0.25, 0.3) is 0 Å². The standard InChI is InChI=1S/C21H22N4S/c1-21(2,3)15-7-5-6-8-17(15)23-18-13-26-19-10-9-16(24-20(18)19)14-11-22-25(4)12-14/h5-13,23H,1-4H3. The summed E-state index contributed by atoms with van der Waals surface area (Å²) in [7, 11) is 1.92. The Labute approximate surface area is 157 Å². The molecule has 0 saturated carbocycles. The molecule has 3 aromatic heterocycles. The second kappa shape index (κ2) is 6.25. The van der Waals surface area contributed by atoms with Gasteiger partial charge in [-0.3, -0.25) is 4.68 Å². The lowest BCUT2D eigenvalue weighted by Crippen LogP contribution is -2.13. The minimum atomic E-state index is 0.0731. The van der Waals surface area contributed by atoms with Crippen LogP contribution in [0.25, 0.3) is 21.5 Å². The third kappa shape index (κ3) is 3.10. The number of fused-ring (bicyclic) bond motifs is 1. The maximum atomic E-state index is 4.90. The van der Waals surface area contributed by atoms with Gasteiger partial charge in [-0.2, -0.15) is 5.10 Å². The first-order chi connectivity index (χ1) is 12.4. The van der Waals surface area contributed by atoms with Crippen molar-refractivity contribution in [3.05, 3.63) is 59.7 Å². The Morgan fingerprint density at radius 1 is 1.04 bits per heavy atom. The topological polar surface area (TPSA) is 42.7 Å². The summed E-state index contributed by atoms with van der Waals surface area (Å²) in [6, 6.07) is 12.7. The van der Waals surface area contributed by atoms with Crippen LogP contribution in [-0.4, -0.2) is 14.8 Å². The molecule has 0 aliphatic heterocycles. The van der Waals surface area contributed by atoms with E-state index in [0.29, 0.717) is 0 Å². The van der Waals surface area contributed by atoms with Crippen LogP contribution in [-0.2, 0) is 12.5 Å². The third-order valence-corrected chi connectivity index (χ3v) is 5.36. The molecule has 26 heavy (non-hydrogen) atoms. The van der Waals surface area contributed by atoms with E-state index in [-0.39, 0.29) is 5.41 Å². The van der Waals surface area contributed by atoms with Crippen molar-refractivity contribution in [2.45, 2.75) is 26.2 Å². The van der Waals surface area contributed by atoms with Gasteiger partial charge in [-0.15, -0.1) is 11.3 Å². The van der Waals surface area contributed by atoms with Crippen molar-refractivity contribution < 1.29 is 0 Å². The number of benzene rings is 1. The Morgan fingerprint density at radius 3 is 2.58 bits per heavy atom. The maximum Gasteiger partial charge on any atom is 0.105 e. The van der Waals surface area contributed by atoms with E-state index in [9.17, 15) is 0 Å². The zero-order valence-electron chi connectivity index (χ0n) is 15.4. The lowest BCUT2D eigenvalue weighted by atomic mass is 9.86. The molecule has 0 unspecified atom stereocenters. The quantitative estimate of drug-likeness (QED) is 0.505. The van der Waals surface area contributed by atoms with Crippen LogP contribution in [0.1, 0.15) is 26.3 Å². The van der Waals surface area contributed by atoms with Crippen LogP contribution < -0.4 is 5.32 Å². The molecule has 0 amide bonds. The lowest BCUT2D eigenvalue weighted by molar-refractivity contribution is 0.592. The Hall–Kier alpha value is -2.66. The molecule has 132 valence electrons. The summed E-state index contributed by atoms with van der Waals surface area (Å²) in [4.78, 5) is 4.90. The summed E-state index contributed by atoms with van der Waals surface area (Å²) in [6.07, 6.45) is 3.84. The molecule has 0 saturated heterocycles. The van der Waals surface area contributed by atoms with E-state index < -0.39 is 0 Å². The number of aryl methyl sites for hydroxylation is 1. The number of nitrogens with zero attached hydrogens (tertiary/aromatic N) is 3. The van der Waals surface area contributed by atoms with Crippen molar-refractivity contribution in [2.24, 2.45) is 7.05 Å². The van der Waals surface area contributed by atoms with Gasteiger partial charge in [-0.25, -0.2) is 4.98 Å². The zero-order valence-corrected chi connectivity index (χ0v) is 16.3. The summed E-state index contributed by atoms with van der Waals surface area (Å²) >= 11 is 1.71. The fourth-order valence-electron chi connectivity index (χ4n) is 3.11. The number of hydrogen-bond donors (Lipinski definition) is 1. The van der Waals surface area contributed by atoms with E-state index in [4.69, 9.17) is 4.98 Å². The van der Waals surface area contributed by atoms with Crippen molar-refractivity contribution in [3.8, 4) is 11.3 Å². The van der Waals surface area contributed by atoms with E-state index in [1.165, 1.54) is 10.3 Å². The molecule has 0 spiro atoms. The molecule has 3 heterocycles. The highest BCUT2D eigenvalue weighted by atomic mass is 32.1. The van der Waals surface area contributed by atoms with Crippen molar-refractivity contribution in [2.75, 3.05) is 5.32 Å². The molecule has 0 atom stereocenters. The van der Waals surface area contributed by atoms with Gasteiger partial charge in [-0.05, 0) is 29.2 Å². The smallest absolute Gasteiger partial charge is 0.105 e. The Morgan fingerprint density at radius 2 is 1.85 bits per heavy atom. The Balaban J connectivity index is 1.76. The zero-order chi connectivity index (χ0) is 18.3. The van der Waals surface area contributed by atoms with E-state index in [1.807, 2.05) is 19.4 Å². The van der Waals surface area contributed by atoms with Crippen LogP contribution in [0, 0.1) is 0 Å². The highest BCUT2D eigenvalue weighted by Crippen LogP contribution is 2.36. The number of rotatable bonds is 3. The fraction of sp³-hybridized carbons (Fsp3) is 0.238. The predicted molar refractivity (Wildman–Crippen MR) is 110 cm³/mol. The number of nitrogens with one attached hydrogen (secondary N) is 1. The molecule has 4 rings (SSSR count). The first-order valence-corrected chi connectivity index (χ1v) is 9.53. The molecule has 5 heteroatoms. The Bertz CT molecular complexity index is 1070. The lowest BCUT2D eigenvalue weighted by Gasteiger charge is -2.23. The van der Waals surface area contributed by atoms with Gasteiger partial charge in [0, 0.05) is 29.9 Å². The third-order valence-electron chi connectivity index (χ3n) is 4.42. The van der Waals surface area contributed by atoms with Crippen LogP contribution in [0.4, 0.5) is 11.4 Å². The minimum Gasteiger partial charge on any atom is -0.353 e. The molecule has 4 nitrogen and oxygen atoms in total. The van der Waals surface area contributed by atoms with Crippen LogP contribution in [0.5, 0.6) is 0 Å². The van der Waals surface area contributed by atoms with E-state index in [2.05, 4.69) is 73.0 Å². The van der Waals surface area contributed by atoms with Gasteiger partial charge in [0.15, 0.2) is 0 Å². The van der Waals surface area contributed by atoms with Crippen molar-refractivity contribution in [1.29, 1.82) is 0 Å². The molecule has 0 radical (unpaired) electrons. The van der Waals surface area contributed by atoms with Crippen LogP contribution in [0.2, 0.25) is 0 Å².